The van der Waals surface area contributed by atoms with Gasteiger partial charge in [-0.2, -0.15) is 0 Å². The highest BCUT2D eigenvalue weighted by molar-refractivity contribution is 5.51. The summed E-state index contributed by atoms with van der Waals surface area (Å²) >= 11 is 0. The van der Waals surface area contributed by atoms with Crippen LogP contribution in [0, 0.1) is 0 Å². The molecule has 9 rings (SSSR count). The topological polar surface area (TPSA) is 121 Å². The molecule has 2 N–H and O–H groups in total. The third kappa shape index (κ3) is 13.2. The number of aliphatic hydroxyl groups is 2. The van der Waals surface area contributed by atoms with Crippen molar-refractivity contribution in [3.63, 3.8) is 0 Å². The summed E-state index contributed by atoms with van der Waals surface area (Å²) in [5, 5.41) is 21.5. The van der Waals surface area contributed by atoms with Crippen LogP contribution >= 0.6 is 0 Å². The number of epoxide rings is 2. The molecule has 10 heteroatoms. The van der Waals surface area contributed by atoms with Crippen molar-refractivity contribution in [1.82, 2.24) is 0 Å². The van der Waals surface area contributed by atoms with Crippen LogP contribution in [0.4, 0.5) is 0 Å². The Morgan fingerprint density at radius 2 is 0.662 bits per heavy atom. The molecule has 4 unspecified atom stereocenters. The van der Waals surface area contributed by atoms with Crippen molar-refractivity contribution in [2.45, 2.75) is 49.6 Å². The third-order valence-corrected chi connectivity index (χ3v) is 12.2. The minimum atomic E-state index is -0.822. The lowest BCUT2D eigenvalue weighted by Crippen LogP contribution is -2.26. The lowest BCUT2D eigenvalue weighted by atomic mass is 9.71. The molecule has 7 aromatic rings. The van der Waals surface area contributed by atoms with Gasteiger partial charge in [-0.3, -0.25) is 0 Å². The zero-order valence-electron chi connectivity index (χ0n) is 38.3. The van der Waals surface area contributed by atoms with Crippen LogP contribution in [0.25, 0.3) is 0 Å². The van der Waals surface area contributed by atoms with Crippen LogP contribution in [0.15, 0.2) is 176 Å². The van der Waals surface area contributed by atoms with Gasteiger partial charge in [-0.05, 0) is 132 Å². The molecule has 2 fully saturated rings. The summed E-state index contributed by atoms with van der Waals surface area (Å²) in [6.45, 7) is 5.32. The molecule has 0 spiro atoms. The van der Waals surface area contributed by atoms with Gasteiger partial charge in [0, 0.05) is 5.41 Å². The Morgan fingerprint density at radius 1 is 0.397 bits per heavy atom. The average Bonchev–Trinajstić information content (AvgIpc) is 4.34. The molecule has 0 amide bonds. The van der Waals surface area contributed by atoms with Gasteiger partial charge in [-0.15, -0.1) is 0 Å². The van der Waals surface area contributed by atoms with Gasteiger partial charge in [0.1, 0.15) is 98.6 Å². The van der Waals surface area contributed by atoms with Crippen LogP contribution in [0.5, 0.6) is 34.5 Å². The second kappa shape index (κ2) is 22.3. The van der Waals surface area contributed by atoms with Gasteiger partial charge in [-0.25, -0.2) is 0 Å². The van der Waals surface area contributed by atoms with Crippen LogP contribution in [0.3, 0.4) is 0 Å². The number of hydrogen-bond donors (Lipinski definition) is 2. The van der Waals surface area contributed by atoms with E-state index in [0.717, 1.165) is 65.4 Å². The van der Waals surface area contributed by atoms with Crippen molar-refractivity contribution in [2.75, 3.05) is 52.9 Å². The standard InChI is InChI=1S/C58H58O10/c1-58(45-5-3-2-4-6-45,46-15-27-54(28-16-46)63-35-48(59)33-61-50-19-7-41(8-20-50)31-43-11-23-52(24-12-43)65-37-56-39-67-56)47-17-29-55(30-18-47)64-36-49(60)34-62-51-21-9-42(10-22-51)32-44-13-25-53(26-14-44)66-38-57-40-68-57/h2-30,48-49,56-57,59-60H,31-40H2,1H3. The van der Waals surface area contributed by atoms with E-state index < -0.39 is 17.6 Å². The van der Waals surface area contributed by atoms with Gasteiger partial charge in [0.25, 0.3) is 0 Å². The molecule has 2 heterocycles. The fourth-order valence-corrected chi connectivity index (χ4v) is 7.90. The molecule has 350 valence electrons. The monoisotopic (exact) mass is 914 g/mol. The first-order valence-corrected chi connectivity index (χ1v) is 23.3. The van der Waals surface area contributed by atoms with Crippen molar-refractivity contribution in [3.05, 3.63) is 215 Å². The smallest absolute Gasteiger partial charge is 0.122 e. The highest BCUT2D eigenvalue weighted by Gasteiger charge is 2.31. The van der Waals surface area contributed by atoms with E-state index in [-0.39, 0.29) is 38.6 Å². The molecule has 2 saturated heterocycles. The minimum Gasteiger partial charge on any atom is -0.491 e. The minimum absolute atomic E-state index is 0.0840. The second-order valence-electron chi connectivity index (χ2n) is 17.6. The maximum atomic E-state index is 10.7. The zero-order valence-corrected chi connectivity index (χ0v) is 38.3. The Labute approximate surface area is 398 Å². The maximum Gasteiger partial charge on any atom is 0.122 e. The summed E-state index contributed by atoms with van der Waals surface area (Å²) in [6, 6.07) is 58.5. The zero-order chi connectivity index (χ0) is 46.5. The fraction of sp³-hybridized carbons (Fsp3) is 0.276. The molecule has 0 radical (unpaired) electrons. The van der Waals surface area contributed by atoms with Gasteiger partial charge in [0.15, 0.2) is 0 Å². The van der Waals surface area contributed by atoms with E-state index in [1.165, 1.54) is 11.1 Å². The summed E-state index contributed by atoms with van der Waals surface area (Å²) in [5.41, 5.74) is 7.47. The summed E-state index contributed by atoms with van der Waals surface area (Å²) < 4.78 is 45.7. The summed E-state index contributed by atoms with van der Waals surface area (Å²) in [5.74, 6) is 4.37. The molecule has 4 atom stereocenters. The first-order valence-electron chi connectivity index (χ1n) is 23.3. The van der Waals surface area contributed by atoms with E-state index in [1.54, 1.807) is 0 Å². The van der Waals surface area contributed by atoms with Gasteiger partial charge in [0.05, 0.1) is 13.2 Å². The largest absolute Gasteiger partial charge is 0.491 e. The Morgan fingerprint density at radius 3 is 0.956 bits per heavy atom. The van der Waals surface area contributed by atoms with E-state index in [1.807, 2.05) is 115 Å². The Bertz CT molecular complexity index is 2430. The quantitative estimate of drug-likeness (QED) is 0.0424. The lowest BCUT2D eigenvalue weighted by Gasteiger charge is -2.32. The van der Waals surface area contributed by atoms with Crippen LogP contribution in [0.1, 0.15) is 45.9 Å². The Balaban J connectivity index is 0.718. The number of rotatable bonds is 25. The van der Waals surface area contributed by atoms with Crippen molar-refractivity contribution in [3.8, 4) is 34.5 Å². The predicted molar refractivity (Wildman–Crippen MR) is 261 cm³/mol. The third-order valence-electron chi connectivity index (χ3n) is 12.2. The highest BCUT2D eigenvalue weighted by atomic mass is 16.6. The summed E-state index contributed by atoms with van der Waals surface area (Å²) in [4.78, 5) is 0. The second-order valence-corrected chi connectivity index (χ2v) is 17.6. The van der Waals surface area contributed by atoms with Crippen molar-refractivity contribution in [2.24, 2.45) is 0 Å². The molecule has 2 aliphatic heterocycles. The number of aliphatic hydroxyl groups excluding tert-OH is 2. The molecule has 10 nitrogen and oxygen atoms in total. The highest BCUT2D eigenvalue weighted by Crippen LogP contribution is 2.40. The van der Waals surface area contributed by atoms with E-state index in [9.17, 15) is 10.2 Å². The van der Waals surface area contributed by atoms with E-state index in [0.29, 0.717) is 36.2 Å². The normalized spacial score (nSPS) is 16.7. The number of hydrogen-bond acceptors (Lipinski definition) is 10. The molecular weight excluding hydrogens is 857 g/mol. The molecule has 0 aliphatic carbocycles. The Kier molecular flexibility index (Phi) is 15.2. The summed E-state index contributed by atoms with van der Waals surface area (Å²) in [6.07, 6.45) is 0.413. The van der Waals surface area contributed by atoms with Gasteiger partial charge >= 0.3 is 0 Å². The lowest BCUT2D eigenvalue weighted by molar-refractivity contribution is 0.0626. The molecule has 68 heavy (non-hydrogen) atoms. The van der Waals surface area contributed by atoms with Crippen molar-refractivity contribution < 1.29 is 48.1 Å². The van der Waals surface area contributed by atoms with Crippen LogP contribution < -0.4 is 28.4 Å². The van der Waals surface area contributed by atoms with Gasteiger partial charge in [0.2, 0.25) is 0 Å². The fourth-order valence-electron chi connectivity index (χ4n) is 7.90. The van der Waals surface area contributed by atoms with Gasteiger partial charge < -0.3 is 48.1 Å². The number of benzene rings is 7. The molecular formula is C58H58O10. The van der Waals surface area contributed by atoms with Crippen molar-refractivity contribution in [1.29, 1.82) is 0 Å². The van der Waals surface area contributed by atoms with Crippen molar-refractivity contribution >= 4 is 0 Å². The molecule has 7 aromatic carbocycles. The maximum absolute atomic E-state index is 10.7. The van der Waals surface area contributed by atoms with E-state index >= 15 is 0 Å². The summed E-state index contributed by atoms with van der Waals surface area (Å²) in [7, 11) is 0. The molecule has 0 bridgehead atoms. The van der Waals surface area contributed by atoms with Gasteiger partial charge in [-0.1, -0.05) is 103 Å². The van der Waals surface area contributed by atoms with E-state index in [4.69, 9.17) is 37.9 Å². The van der Waals surface area contributed by atoms with Crippen LogP contribution in [-0.4, -0.2) is 87.5 Å². The molecule has 2 aliphatic rings. The molecule has 0 saturated carbocycles. The van der Waals surface area contributed by atoms with Crippen LogP contribution in [0.2, 0.25) is 0 Å². The number of ether oxygens (including phenoxy) is 8. The first kappa shape index (κ1) is 46.3. The molecule has 0 aromatic heterocycles. The predicted octanol–water partition coefficient (Wildman–Crippen LogP) is 9.42. The van der Waals surface area contributed by atoms with E-state index in [2.05, 4.69) is 67.6 Å². The first-order chi connectivity index (χ1) is 33.3. The van der Waals surface area contributed by atoms with Crippen LogP contribution in [-0.2, 0) is 27.7 Å². The average molecular weight is 915 g/mol. The SMILES string of the molecule is CC(c1ccccc1)(c1ccc(OCC(O)COc2ccc(Cc3ccc(OCC4CO4)cc3)cc2)cc1)c1ccc(OCC(O)COc2ccc(Cc3ccc(OCC4CO4)cc3)cc2)cc1. The Hall–Kier alpha value is -6.82.